The molecule has 18 heavy (non-hydrogen) atoms. The first kappa shape index (κ1) is 16.9. The molecule has 1 rings (SSSR count). The van der Waals surface area contributed by atoms with Crippen LogP contribution in [0.3, 0.4) is 0 Å². The summed E-state index contributed by atoms with van der Waals surface area (Å²) in [4.78, 5) is 0. The van der Waals surface area contributed by atoms with Crippen molar-refractivity contribution in [1.82, 2.24) is 0 Å². The number of rotatable bonds is 3. The predicted octanol–water partition coefficient (Wildman–Crippen LogP) is 4.82. The second-order valence-electron chi connectivity index (χ2n) is 9.19. The van der Waals surface area contributed by atoms with Gasteiger partial charge in [-0.05, 0) is 12.5 Å². The highest BCUT2D eigenvalue weighted by atomic mass is 29.7. The van der Waals surface area contributed by atoms with Crippen LogP contribution in [0.2, 0.25) is 65.0 Å². The average Bonchev–Trinajstić information content (AvgIpc) is 2.13. The highest BCUT2D eigenvalue weighted by molar-refractivity contribution is 7.66. The Kier molecular flexibility index (Phi) is 4.67. The summed E-state index contributed by atoms with van der Waals surface area (Å²) in [5, 5.41) is 0. The zero-order chi connectivity index (χ0) is 14.4. The van der Waals surface area contributed by atoms with E-state index in [1.165, 1.54) is 18.9 Å². The Labute approximate surface area is 118 Å². The molecule has 1 saturated heterocycles. The van der Waals surface area contributed by atoms with E-state index >= 15 is 0 Å². The molecule has 108 valence electrons. The molecule has 0 aromatic rings. The van der Waals surface area contributed by atoms with Crippen molar-refractivity contribution in [2.45, 2.75) is 83.5 Å². The predicted molar refractivity (Wildman–Crippen MR) is 94.7 cm³/mol. The molecule has 0 radical (unpaired) electrons. The van der Waals surface area contributed by atoms with Crippen LogP contribution in [0.25, 0.3) is 0 Å². The maximum Gasteiger partial charge on any atom is 0.168 e. The minimum atomic E-state index is -1.45. The van der Waals surface area contributed by atoms with E-state index in [-0.39, 0.29) is 0 Å². The van der Waals surface area contributed by atoms with Gasteiger partial charge in [-0.15, -0.1) is 0 Å². The van der Waals surface area contributed by atoms with Gasteiger partial charge in [0.05, 0.1) is 23.3 Å². The Morgan fingerprint density at radius 2 is 1.28 bits per heavy atom. The molecule has 0 N–H and O–H groups in total. The minimum Gasteiger partial charge on any atom is -0.423 e. The van der Waals surface area contributed by atoms with Crippen LogP contribution in [0.1, 0.15) is 12.8 Å². The topological polar surface area (TPSA) is 9.23 Å². The van der Waals surface area contributed by atoms with Gasteiger partial charge in [-0.25, -0.2) is 0 Å². The van der Waals surface area contributed by atoms with Crippen molar-refractivity contribution in [3.05, 3.63) is 0 Å². The van der Waals surface area contributed by atoms with Gasteiger partial charge in [0.25, 0.3) is 0 Å². The molecule has 0 aliphatic carbocycles. The molecule has 1 heterocycles. The van der Waals surface area contributed by atoms with Crippen LogP contribution in [0, 0.1) is 0 Å². The van der Waals surface area contributed by atoms with Gasteiger partial charge in [-0.2, -0.15) is 0 Å². The molecule has 1 unspecified atom stereocenters. The van der Waals surface area contributed by atoms with Crippen molar-refractivity contribution in [1.29, 1.82) is 0 Å². The molecule has 1 fully saturated rings. The Balaban J connectivity index is 3.14. The highest BCUT2D eigenvalue weighted by Crippen LogP contribution is 2.41. The molecular weight excluding hydrogens is 284 g/mol. The Hall–Kier alpha value is 0.828. The fourth-order valence-electron chi connectivity index (χ4n) is 3.74. The average molecular weight is 319 g/mol. The molecular formula is C13H34OSi4. The third-order valence-electron chi connectivity index (χ3n) is 4.73. The first-order valence-electron chi connectivity index (χ1n) is 7.49. The van der Waals surface area contributed by atoms with Gasteiger partial charge in [-0.1, -0.05) is 65.3 Å². The molecule has 1 aliphatic rings. The van der Waals surface area contributed by atoms with Crippen molar-refractivity contribution in [3.63, 3.8) is 0 Å². The smallest absolute Gasteiger partial charge is 0.168 e. The monoisotopic (exact) mass is 318 g/mol. The summed E-state index contributed by atoms with van der Waals surface area (Å²) in [6, 6.07) is 1.47. The third-order valence-corrected chi connectivity index (χ3v) is 44.1. The van der Waals surface area contributed by atoms with Crippen LogP contribution in [-0.4, -0.2) is 36.3 Å². The zero-order valence-corrected chi connectivity index (χ0v) is 18.1. The second-order valence-corrected chi connectivity index (χ2v) is 41.3. The molecule has 0 aromatic carbocycles. The SMILES string of the molecule is C[Si](C)(C)C1CCC[Si]([Si](C)(C)C)([Si](C)(C)C)O1. The van der Waals surface area contributed by atoms with Gasteiger partial charge >= 0.3 is 0 Å². The summed E-state index contributed by atoms with van der Waals surface area (Å²) >= 11 is 0. The Bertz CT molecular complexity index is 282. The van der Waals surface area contributed by atoms with Crippen molar-refractivity contribution in [2.75, 3.05) is 0 Å². The fourth-order valence-corrected chi connectivity index (χ4v) is 48.9. The summed E-state index contributed by atoms with van der Waals surface area (Å²) in [5.74, 6) is 0. The summed E-state index contributed by atoms with van der Waals surface area (Å²) in [7, 11) is -4.92. The van der Waals surface area contributed by atoms with E-state index < -0.39 is 30.6 Å². The molecule has 0 aromatic heterocycles. The maximum absolute atomic E-state index is 7.09. The molecule has 0 spiro atoms. The minimum absolute atomic E-state index is 0.649. The van der Waals surface area contributed by atoms with Crippen LogP contribution in [0.5, 0.6) is 0 Å². The Morgan fingerprint density at radius 3 is 1.61 bits per heavy atom. The van der Waals surface area contributed by atoms with E-state index in [0.29, 0.717) is 5.73 Å². The standard InChI is InChI=1S/C13H34OSi4/c1-15(2,3)13-11-10-12-18(14-13,16(4,5)6)17(7,8)9/h13H,10-12H2,1-9H3. The van der Waals surface area contributed by atoms with Crippen molar-refractivity contribution in [3.8, 4) is 0 Å². The summed E-state index contributed by atoms with van der Waals surface area (Å²) in [6.45, 7) is 23.0. The van der Waals surface area contributed by atoms with Crippen molar-refractivity contribution < 1.29 is 4.43 Å². The lowest BCUT2D eigenvalue weighted by Gasteiger charge is -2.55. The highest BCUT2D eigenvalue weighted by Gasteiger charge is 2.59. The first-order chi connectivity index (χ1) is 7.81. The lowest BCUT2D eigenvalue weighted by atomic mass is 10.3. The van der Waals surface area contributed by atoms with Crippen LogP contribution in [0.4, 0.5) is 0 Å². The lowest BCUT2D eigenvalue weighted by molar-refractivity contribution is 0.236. The number of hydrogen-bond acceptors (Lipinski definition) is 1. The van der Waals surface area contributed by atoms with E-state index in [1.807, 2.05) is 0 Å². The van der Waals surface area contributed by atoms with Crippen molar-refractivity contribution >= 4 is 30.6 Å². The number of hydrogen-bond donors (Lipinski definition) is 0. The molecule has 1 aliphatic heterocycles. The molecule has 0 bridgehead atoms. The lowest BCUT2D eigenvalue weighted by Crippen LogP contribution is -2.76. The summed E-state index contributed by atoms with van der Waals surface area (Å²) in [6.07, 6.45) is 2.80. The van der Waals surface area contributed by atoms with E-state index in [0.717, 1.165) is 0 Å². The van der Waals surface area contributed by atoms with Crippen LogP contribution in [-0.2, 0) is 4.43 Å². The quantitative estimate of drug-likeness (QED) is 0.678. The van der Waals surface area contributed by atoms with Gasteiger partial charge in [0, 0.05) is 5.73 Å². The van der Waals surface area contributed by atoms with Gasteiger partial charge in [0.2, 0.25) is 0 Å². The maximum atomic E-state index is 7.09. The molecule has 1 atom stereocenters. The Morgan fingerprint density at radius 1 is 0.833 bits per heavy atom. The normalized spacial score (nSPS) is 26.2. The molecule has 1 nitrogen and oxygen atoms in total. The second kappa shape index (κ2) is 4.98. The van der Waals surface area contributed by atoms with Crippen LogP contribution >= 0.6 is 0 Å². The van der Waals surface area contributed by atoms with Gasteiger partial charge in [-0.3, -0.25) is 0 Å². The van der Waals surface area contributed by atoms with Gasteiger partial charge < -0.3 is 4.43 Å². The van der Waals surface area contributed by atoms with E-state index in [4.69, 9.17) is 4.43 Å². The van der Waals surface area contributed by atoms with Gasteiger partial charge in [0.1, 0.15) is 0 Å². The summed E-state index contributed by atoms with van der Waals surface area (Å²) in [5.41, 5.74) is 0.649. The van der Waals surface area contributed by atoms with E-state index in [1.54, 1.807) is 0 Å². The van der Waals surface area contributed by atoms with Crippen LogP contribution < -0.4 is 0 Å². The zero-order valence-electron chi connectivity index (χ0n) is 14.1. The third kappa shape index (κ3) is 3.11. The molecule has 0 saturated carbocycles. The molecule has 0 amide bonds. The largest absolute Gasteiger partial charge is 0.423 e. The van der Waals surface area contributed by atoms with Gasteiger partial charge in [0.15, 0.2) is 7.35 Å². The fraction of sp³-hybridized carbons (Fsp3) is 1.00. The molecule has 5 heteroatoms. The van der Waals surface area contributed by atoms with Crippen LogP contribution in [0.15, 0.2) is 0 Å². The summed E-state index contributed by atoms with van der Waals surface area (Å²) < 4.78 is 7.09. The first-order valence-corrected chi connectivity index (χ1v) is 22.2. The van der Waals surface area contributed by atoms with E-state index in [9.17, 15) is 0 Å². The van der Waals surface area contributed by atoms with E-state index in [2.05, 4.69) is 58.9 Å². The van der Waals surface area contributed by atoms with Crippen molar-refractivity contribution in [2.24, 2.45) is 0 Å².